The van der Waals surface area contributed by atoms with Gasteiger partial charge in [-0.1, -0.05) is 26.0 Å². The van der Waals surface area contributed by atoms with Gasteiger partial charge in [-0.05, 0) is 120 Å². The minimum absolute atomic E-state index is 0.851. The number of rotatable bonds is 2. The van der Waals surface area contributed by atoms with Gasteiger partial charge in [-0.2, -0.15) is 0 Å². The van der Waals surface area contributed by atoms with Gasteiger partial charge in [-0.25, -0.2) is 0 Å². The number of nitrogens with zero attached hydrogens (tertiary/aromatic N) is 2. The lowest BCUT2D eigenvalue weighted by molar-refractivity contribution is 0.438. The summed E-state index contributed by atoms with van der Waals surface area (Å²) in [5.41, 5.74) is 2.76. The van der Waals surface area contributed by atoms with Gasteiger partial charge < -0.3 is 9.80 Å². The highest BCUT2D eigenvalue weighted by Crippen LogP contribution is 2.46. The fraction of sp³-hybridized carbons (Fsp3) is 0.316. The van der Waals surface area contributed by atoms with Crippen molar-refractivity contribution in [3.05, 3.63) is 72.8 Å². The summed E-state index contributed by atoms with van der Waals surface area (Å²) >= 11 is 3.90. The van der Waals surface area contributed by atoms with Gasteiger partial charge in [-0.15, -0.1) is 22.7 Å². The van der Waals surface area contributed by atoms with E-state index in [2.05, 4.69) is 96.4 Å². The maximum atomic E-state index is 2.58. The van der Waals surface area contributed by atoms with Crippen LogP contribution in [0.1, 0.15) is 39.5 Å². The zero-order chi connectivity index (χ0) is 27.9. The van der Waals surface area contributed by atoms with E-state index in [4.69, 9.17) is 0 Å². The predicted molar refractivity (Wildman–Crippen MR) is 188 cm³/mol. The number of piperidine rings is 2. The molecule has 2 aliphatic rings. The standard InChI is InChI=1S/C38H36N2S2/c1-23-9-13-39(14-10-23)29-5-3-25-19-31-35(21-27(25)17-29)41-33-7-8-34-38(37(31)33)32-20-26-4-6-30(18-28(26)22-36(32)42-34)40-15-11-24(2)12-16-40/h3-8,17-24H,9-16H2,1-2H3. The van der Waals surface area contributed by atoms with Crippen LogP contribution in [0.25, 0.3) is 61.9 Å². The van der Waals surface area contributed by atoms with Crippen LogP contribution in [-0.2, 0) is 0 Å². The summed E-state index contributed by atoms with van der Waals surface area (Å²) in [7, 11) is 0. The lowest BCUT2D eigenvalue weighted by Gasteiger charge is -2.32. The highest BCUT2D eigenvalue weighted by atomic mass is 32.1. The van der Waals surface area contributed by atoms with Crippen LogP contribution in [0.2, 0.25) is 0 Å². The van der Waals surface area contributed by atoms with Crippen molar-refractivity contribution in [1.82, 2.24) is 0 Å². The maximum Gasteiger partial charge on any atom is 0.0372 e. The van der Waals surface area contributed by atoms with Gasteiger partial charge in [-0.3, -0.25) is 0 Å². The molecule has 0 N–H and O–H groups in total. The number of hydrogen-bond acceptors (Lipinski definition) is 4. The zero-order valence-electron chi connectivity index (χ0n) is 24.5. The molecule has 0 unspecified atom stereocenters. The second-order valence-electron chi connectivity index (χ2n) is 13.1. The van der Waals surface area contributed by atoms with Crippen molar-refractivity contribution in [2.45, 2.75) is 39.5 Å². The van der Waals surface area contributed by atoms with Crippen LogP contribution < -0.4 is 9.80 Å². The molecule has 210 valence electrons. The molecule has 9 rings (SSSR count). The SMILES string of the molecule is CC1CCN(c2ccc3cc4c(cc3c2)sc2ccc3sc5cc6cc(N7CCC(C)CC7)ccc6cc5c3c24)CC1. The van der Waals surface area contributed by atoms with E-state index in [-0.39, 0.29) is 0 Å². The number of fused-ring (bicyclic) bond motifs is 9. The van der Waals surface area contributed by atoms with E-state index in [1.807, 2.05) is 22.7 Å². The molecule has 2 nitrogen and oxygen atoms in total. The molecule has 2 aromatic heterocycles. The van der Waals surface area contributed by atoms with E-state index >= 15 is 0 Å². The van der Waals surface area contributed by atoms with Crippen LogP contribution in [0.4, 0.5) is 11.4 Å². The minimum Gasteiger partial charge on any atom is -0.371 e. The highest BCUT2D eigenvalue weighted by molar-refractivity contribution is 7.28. The van der Waals surface area contributed by atoms with Crippen molar-refractivity contribution in [2.24, 2.45) is 11.8 Å². The second kappa shape index (κ2) is 9.59. The molecule has 2 aliphatic heterocycles. The van der Waals surface area contributed by atoms with E-state index in [1.54, 1.807) is 0 Å². The van der Waals surface area contributed by atoms with Crippen LogP contribution >= 0.6 is 22.7 Å². The molecule has 0 amide bonds. The van der Waals surface area contributed by atoms with Crippen LogP contribution in [0.15, 0.2) is 72.8 Å². The molecule has 7 aromatic rings. The Labute approximate surface area is 255 Å². The van der Waals surface area contributed by atoms with E-state index in [0.717, 1.165) is 11.8 Å². The van der Waals surface area contributed by atoms with E-state index in [9.17, 15) is 0 Å². The van der Waals surface area contributed by atoms with Crippen molar-refractivity contribution < 1.29 is 0 Å². The topological polar surface area (TPSA) is 6.48 Å². The van der Waals surface area contributed by atoms with E-state index in [0.29, 0.717) is 0 Å². The number of anilines is 2. The molecular formula is C38H36N2S2. The van der Waals surface area contributed by atoms with Crippen molar-refractivity contribution >= 4 is 95.9 Å². The molecular weight excluding hydrogens is 549 g/mol. The lowest BCUT2D eigenvalue weighted by Crippen LogP contribution is -2.32. The zero-order valence-corrected chi connectivity index (χ0v) is 26.1. The molecule has 0 spiro atoms. The summed E-state index contributed by atoms with van der Waals surface area (Å²) < 4.78 is 5.59. The summed E-state index contributed by atoms with van der Waals surface area (Å²) in [6.07, 6.45) is 5.19. The molecule has 2 saturated heterocycles. The molecule has 0 atom stereocenters. The molecule has 2 fully saturated rings. The Kier molecular flexibility index (Phi) is 5.75. The Morgan fingerprint density at radius 2 is 0.905 bits per heavy atom. The number of hydrogen-bond donors (Lipinski definition) is 0. The Morgan fingerprint density at radius 1 is 0.476 bits per heavy atom. The Hall–Kier alpha value is -3.34. The van der Waals surface area contributed by atoms with Crippen molar-refractivity contribution in [1.29, 1.82) is 0 Å². The van der Waals surface area contributed by atoms with Gasteiger partial charge in [0, 0.05) is 77.9 Å². The van der Waals surface area contributed by atoms with Gasteiger partial charge in [0.15, 0.2) is 0 Å². The highest BCUT2D eigenvalue weighted by Gasteiger charge is 2.19. The van der Waals surface area contributed by atoms with Crippen molar-refractivity contribution in [2.75, 3.05) is 36.0 Å². The molecule has 0 bridgehead atoms. The first-order valence-electron chi connectivity index (χ1n) is 15.8. The first-order valence-corrected chi connectivity index (χ1v) is 17.4. The summed E-state index contributed by atoms with van der Waals surface area (Å²) in [6.45, 7) is 9.48. The first-order chi connectivity index (χ1) is 20.6. The maximum absolute atomic E-state index is 2.58. The minimum atomic E-state index is 0.851. The molecule has 0 saturated carbocycles. The summed E-state index contributed by atoms with van der Waals surface area (Å²) in [5, 5.41) is 11.1. The van der Waals surface area contributed by atoms with Crippen LogP contribution in [-0.4, -0.2) is 26.2 Å². The molecule has 0 aliphatic carbocycles. The van der Waals surface area contributed by atoms with Gasteiger partial charge >= 0.3 is 0 Å². The van der Waals surface area contributed by atoms with Gasteiger partial charge in [0.25, 0.3) is 0 Å². The summed E-state index contributed by atoms with van der Waals surface area (Å²) in [4.78, 5) is 5.16. The third kappa shape index (κ3) is 4.02. The Balaban J connectivity index is 1.18. The Morgan fingerprint density at radius 3 is 1.33 bits per heavy atom. The number of benzene rings is 5. The summed E-state index contributed by atoms with van der Waals surface area (Å²) in [5.74, 6) is 1.70. The van der Waals surface area contributed by atoms with Gasteiger partial charge in [0.05, 0.1) is 0 Å². The molecule has 0 radical (unpaired) electrons. The van der Waals surface area contributed by atoms with Crippen LogP contribution in [0, 0.1) is 11.8 Å². The average molecular weight is 585 g/mol. The van der Waals surface area contributed by atoms with Crippen LogP contribution in [0.5, 0.6) is 0 Å². The van der Waals surface area contributed by atoms with Gasteiger partial charge in [0.1, 0.15) is 0 Å². The normalized spacial score (nSPS) is 17.7. The third-order valence-electron chi connectivity index (χ3n) is 10.2. The summed E-state index contributed by atoms with van der Waals surface area (Å²) in [6, 6.07) is 28.8. The number of thiophene rings is 2. The molecule has 5 aromatic carbocycles. The third-order valence-corrected chi connectivity index (χ3v) is 12.5. The molecule has 4 heteroatoms. The van der Waals surface area contributed by atoms with E-state index in [1.165, 1.54) is 125 Å². The fourth-order valence-electron chi connectivity index (χ4n) is 7.52. The fourth-order valence-corrected chi connectivity index (χ4v) is 9.81. The van der Waals surface area contributed by atoms with Crippen molar-refractivity contribution in [3.8, 4) is 0 Å². The lowest BCUT2D eigenvalue weighted by atomic mass is 9.97. The Bertz CT molecular complexity index is 2000. The first kappa shape index (κ1) is 25.2. The van der Waals surface area contributed by atoms with Crippen LogP contribution in [0.3, 0.4) is 0 Å². The monoisotopic (exact) mass is 584 g/mol. The average Bonchev–Trinajstić information content (AvgIpc) is 3.55. The molecule has 4 heterocycles. The van der Waals surface area contributed by atoms with Crippen molar-refractivity contribution in [3.63, 3.8) is 0 Å². The predicted octanol–water partition coefficient (Wildman–Crippen LogP) is 11.2. The van der Waals surface area contributed by atoms with Gasteiger partial charge in [0.2, 0.25) is 0 Å². The second-order valence-corrected chi connectivity index (χ2v) is 15.3. The smallest absolute Gasteiger partial charge is 0.0372 e. The molecule has 42 heavy (non-hydrogen) atoms. The quantitative estimate of drug-likeness (QED) is 0.199. The largest absolute Gasteiger partial charge is 0.371 e. The van der Waals surface area contributed by atoms with E-state index < -0.39 is 0 Å².